The Morgan fingerprint density at radius 1 is 0.909 bits per heavy atom. The van der Waals surface area contributed by atoms with Crippen molar-refractivity contribution in [3.05, 3.63) is 19.6 Å². The first kappa shape index (κ1) is 11.6. The van der Waals surface area contributed by atoms with E-state index in [0.29, 0.717) is 6.29 Å². The number of halogens is 5. The Kier molecular flexibility index (Phi) is 5.57. The van der Waals surface area contributed by atoms with Gasteiger partial charge in [-0.25, -0.2) is 0 Å². The van der Waals surface area contributed by atoms with E-state index in [-0.39, 0.29) is 19.6 Å². The summed E-state index contributed by atoms with van der Waals surface area (Å²) in [5.41, 5.74) is 0. The summed E-state index contributed by atoms with van der Waals surface area (Å²) in [6, 6.07) is 0. The zero-order valence-corrected chi connectivity index (χ0v) is 8.66. The summed E-state index contributed by atoms with van der Waals surface area (Å²) in [6.45, 7) is 0. The van der Waals surface area contributed by atoms with Crippen LogP contribution < -0.4 is 0 Å². The van der Waals surface area contributed by atoms with E-state index in [1.165, 1.54) is 0 Å². The Balaban J connectivity index is 4.90. The largest absolute Gasteiger partial charge is 0.297 e. The lowest BCUT2D eigenvalue weighted by Crippen LogP contribution is -1.80. The Labute approximate surface area is 88.5 Å². The highest BCUT2D eigenvalue weighted by atomic mass is 35.5. The van der Waals surface area contributed by atoms with Gasteiger partial charge in [0, 0.05) is 0 Å². The molecule has 0 aromatic carbocycles. The topological polar surface area (TPSA) is 17.1 Å². The first-order valence-electron chi connectivity index (χ1n) is 2.22. The molecule has 0 bridgehead atoms. The molecule has 0 aliphatic rings. The van der Waals surface area contributed by atoms with E-state index in [1.54, 1.807) is 0 Å². The fraction of sp³-hybridized carbons (Fsp3) is 0. The smallest absolute Gasteiger partial charge is 0.162 e. The molecule has 0 saturated heterocycles. The lowest BCUT2D eigenvalue weighted by molar-refractivity contribution is -0.104. The van der Waals surface area contributed by atoms with E-state index in [2.05, 4.69) is 0 Å². The van der Waals surface area contributed by atoms with E-state index in [4.69, 9.17) is 58.0 Å². The van der Waals surface area contributed by atoms with E-state index in [0.717, 1.165) is 0 Å². The summed E-state index contributed by atoms with van der Waals surface area (Å²) in [5.74, 6) is 0. The van der Waals surface area contributed by atoms with Gasteiger partial charge in [-0.1, -0.05) is 58.0 Å². The van der Waals surface area contributed by atoms with Crippen molar-refractivity contribution in [2.45, 2.75) is 0 Å². The summed E-state index contributed by atoms with van der Waals surface area (Å²) in [5, 5.41) is -0.550. The molecular weight excluding hydrogens is 253 g/mol. The molecule has 0 spiro atoms. The molecule has 0 aliphatic heterocycles. The molecule has 11 heavy (non-hydrogen) atoms. The van der Waals surface area contributed by atoms with Crippen LogP contribution in [0.4, 0.5) is 0 Å². The number of carbonyl (C=O) groups is 1. The lowest BCUT2D eigenvalue weighted by Gasteiger charge is -1.95. The molecule has 0 radical (unpaired) electrons. The Morgan fingerprint density at radius 2 is 1.36 bits per heavy atom. The molecule has 0 fully saturated rings. The van der Waals surface area contributed by atoms with E-state index in [1.807, 2.05) is 0 Å². The first-order chi connectivity index (χ1) is 5.00. The zero-order valence-electron chi connectivity index (χ0n) is 4.88. The van der Waals surface area contributed by atoms with Crippen LogP contribution in [0.1, 0.15) is 0 Å². The SMILES string of the molecule is O=C/C(Cl)=C(/Cl)C(Cl)=C(Cl)Cl. The Hall–Kier alpha value is 0.600. The van der Waals surface area contributed by atoms with Gasteiger partial charge in [0.25, 0.3) is 0 Å². The lowest BCUT2D eigenvalue weighted by atomic mass is 10.5. The van der Waals surface area contributed by atoms with Crippen LogP contribution in [0.15, 0.2) is 19.6 Å². The molecule has 0 saturated carbocycles. The molecule has 6 heteroatoms. The number of hydrogen-bond donors (Lipinski definition) is 0. The van der Waals surface area contributed by atoms with Crippen LogP contribution in [0.25, 0.3) is 0 Å². The summed E-state index contributed by atoms with van der Waals surface area (Å²) >= 11 is 26.6. The van der Waals surface area contributed by atoms with E-state index < -0.39 is 0 Å². The van der Waals surface area contributed by atoms with Gasteiger partial charge >= 0.3 is 0 Å². The molecule has 0 aliphatic carbocycles. The zero-order chi connectivity index (χ0) is 9.02. The highest BCUT2D eigenvalue weighted by Crippen LogP contribution is 2.30. The number of carbonyl (C=O) groups excluding carboxylic acids is 1. The van der Waals surface area contributed by atoms with Crippen molar-refractivity contribution < 1.29 is 4.79 Å². The van der Waals surface area contributed by atoms with Crippen molar-refractivity contribution in [2.24, 2.45) is 0 Å². The third-order valence-electron chi connectivity index (χ3n) is 0.672. The Morgan fingerprint density at radius 3 is 1.64 bits per heavy atom. The van der Waals surface area contributed by atoms with Gasteiger partial charge in [0.2, 0.25) is 0 Å². The minimum atomic E-state index is -0.240. The predicted octanol–water partition coefficient (Wildman–Crippen LogP) is 3.76. The number of hydrogen-bond acceptors (Lipinski definition) is 1. The number of allylic oxidation sites excluding steroid dienone is 3. The van der Waals surface area contributed by atoms with E-state index >= 15 is 0 Å². The molecule has 0 amide bonds. The van der Waals surface area contributed by atoms with Gasteiger partial charge < -0.3 is 0 Å². The average molecular weight is 254 g/mol. The van der Waals surface area contributed by atoms with Gasteiger partial charge in [-0.2, -0.15) is 0 Å². The highest BCUT2D eigenvalue weighted by Gasteiger charge is 2.08. The van der Waals surface area contributed by atoms with Crippen LogP contribution in [0, 0.1) is 0 Å². The predicted molar refractivity (Wildman–Crippen MR) is 49.4 cm³/mol. The maximum Gasteiger partial charge on any atom is 0.162 e. The van der Waals surface area contributed by atoms with Gasteiger partial charge in [0.15, 0.2) is 6.29 Å². The van der Waals surface area contributed by atoms with Crippen molar-refractivity contribution in [3.63, 3.8) is 0 Å². The number of rotatable bonds is 2. The summed E-state index contributed by atoms with van der Waals surface area (Å²) in [7, 11) is 0. The van der Waals surface area contributed by atoms with Crippen LogP contribution in [-0.2, 0) is 4.79 Å². The van der Waals surface area contributed by atoms with Gasteiger partial charge in [-0.3, -0.25) is 4.79 Å². The monoisotopic (exact) mass is 252 g/mol. The minimum Gasteiger partial charge on any atom is -0.297 e. The average Bonchev–Trinajstić information content (AvgIpc) is 2.00. The van der Waals surface area contributed by atoms with E-state index in [9.17, 15) is 4.79 Å². The summed E-state index contributed by atoms with van der Waals surface area (Å²) in [4.78, 5) is 10.0. The maximum atomic E-state index is 10.0. The van der Waals surface area contributed by atoms with Crippen LogP contribution in [0.2, 0.25) is 0 Å². The van der Waals surface area contributed by atoms with Gasteiger partial charge in [0.05, 0.1) is 10.1 Å². The first-order valence-corrected chi connectivity index (χ1v) is 4.11. The fourth-order valence-corrected chi connectivity index (χ4v) is 0.909. The molecule has 0 heterocycles. The van der Waals surface area contributed by atoms with Crippen molar-refractivity contribution in [3.8, 4) is 0 Å². The molecule has 1 nitrogen and oxygen atoms in total. The third kappa shape index (κ3) is 3.68. The standard InChI is InChI=1S/C5HCl5O/c6-2(1-11)3(7)4(8)5(9)10/h1H/b3-2-. The molecule has 0 atom stereocenters. The van der Waals surface area contributed by atoms with Crippen molar-refractivity contribution in [1.29, 1.82) is 0 Å². The molecule has 0 N–H and O–H groups in total. The molecule has 0 aromatic heterocycles. The molecule has 0 unspecified atom stereocenters. The third-order valence-corrected chi connectivity index (χ3v) is 2.49. The van der Waals surface area contributed by atoms with Gasteiger partial charge in [-0.15, -0.1) is 0 Å². The van der Waals surface area contributed by atoms with Gasteiger partial charge in [0.1, 0.15) is 9.52 Å². The second-order valence-corrected chi connectivity index (χ2v) is 3.47. The van der Waals surface area contributed by atoms with Gasteiger partial charge in [-0.05, 0) is 0 Å². The highest BCUT2D eigenvalue weighted by molar-refractivity contribution is 6.62. The van der Waals surface area contributed by atoms with Crippen LogP contribution >= 0.6 is 58.0 Å². The van der Waals surface area contributed by atoms with Crippen molar-refractivity contribution in [2.75, 3.05) is 0 Å². The molecule has 0 rings (SSSR count). The minimum absolute atomic E-state index is 0.146. The second-order valence-electron chi connectivity index (χ2n) is 1.35. The summed E-state index contributed by atoms with van der Waals surface area (Å²) < 4.78 is -0.239. The number of aldehydes is 1. The van der Waals surface area contributed by atoms with Crippen LogP contribution in [0.5, 0.6) is 0 Å². The van der Waals surface area contributed by atoms with Crippen LogP contribution in [-0.4, -0.2) is 6.29 Å². The Bertz CT molecular complexity index is 225. The van der Waals surface area contributed by atoms with Crippen molar-refractivity contribution >= 4 is 64.3 Å². The second kappa shape index (κ2) is 5.28. The molecule has 62 valence electrons. The quantitative estimate of drug-likeness (QED) is 0.416. The van der Waals surface area contributed by atoms with Crippen LogP contribution in [0.3, 0.4) is 0 Å². The summed E-state index contributed by atoms with van der Waals surface area (Å²) in [6.07, 6.45) is 0.336. The maximum absolute atomic E-state index is 10.0. The fourth-order valence-electron chi connectivity index (χ4n) is 0.240. The normalized spacial score (nSPS) is 12.1. The molecular formula is C5HCl5O. The van der Waals surface area contributed by atoms with Crippen molar-refractivity contribution in [1.82, 2.24) is 0 Å². The molecule has 0 aromatic rings.